The topological polar surface area (TPSA) is 116 Å². The predicted molar refractivity (Wildman–Crippen MR) is 72.1 cm³/mol. The first-order valence-electron chi connectivity index (χ1n) is 7.33. The normalized spacial score (nSPS) is 44.7. The molecule has 0 radical (unpaired) electrons. The van der Waals surface area contributed by atoms with Crippen LogP contribution in [-0.4, -0.2) is 59.5 Å². The fraction of sp³-hybridized carbons (Fsp3) is 0.929. The Bertz CT molecular complexity index is 490. The molecule has 3 fully saturated rings. The quantitative estimate of drug-likeness (QED) is 0.707. The van der Waals surface area contributed by atoms with Gasteiger partial charge in [0.1, 0.15) is 36.6 Å². The third-order valence-electron chi connectivity index (χ3n) is 4.04. The number of aliphatic hydroxyl groups excluding tert-OH is 1. The van der Waals surface area contributed by atoms with Gasteiger partial charge in [-0.05, 0) is 27.7 Å². The van der Waals surface area contributed by atoms with Gasteiger partial charge in [-0.15, -0.1) is 0 Å². The second-order valence-corrected chi connectivity index (χ2v) is 6.78. The van der Waals surface area contributed by atoms with Gasteiger partial charge in [0.2, 0.25) is 0 Å². The number of fused-ring (bicyclic) bond motifs is 3. The monoisotopic (exact) mass is 314 g/mol. The molecule has 3 N–H and O–H groups in total. The minimum atomic E-state index is -1.22. The summed E-state index contributed by atoms with van der Waals surface area (Å²) in [5.41, 5.74) is 5.63. The van der Waals surface area contributed by atoms with Gasteiger partial charge < -0.3 is 34.5 Å². The molecule has 22 heavy (non-hydrogen) atoms. The average Bonchev–Trinajstić information content (AvgIpc) is 2.90. The van der Waals surface area contributed by atoms with Crippen molar-refractivity contribution in [2.75, 3.05) is 0 Å². The van der Waals surface area contributed by atoms with Crippen LogP contribution in [0.2, 0.25) is 0 Å². The predicted octanol–water partition coefficient (Wildman–Crippen LogP) is -0.405. The standard InChI is InChI=1S/C14H22N2O6/c1-13(2)19-9-8(7(17)6(16)5-15)18-12-11(10(9)20-13)21-14(3,4)22-12/h6-12,17H,16H2,1-4H3/t6?,7?,8-,9+,10+,11-,12-/m1/s1. The summed E-state index contributed by atoms with van der Waals surface area (Å²) >= 11 is 0. The van der Waals surface area contributed by atoms with Crippen molar-refractivity contribution in [2.24, 2.45) is 5.73 Å². The molecule has 0 spiro atoms. The first-order valence-corrected chi connectivity index (χ1v) is 7.33. The fourth-order valence-corrected chi connectivity index (χ4v) is 3.20. The highest BCUT2D eigenvalue weighted by atomic mass is 16.9. The van der Waals surface area contributed by atoms with E-state index < -0.39 is 54.4 Å². The third-order valence-corrected chi connectivity index (χ3v) is 4.04. The van der Waals surface area contributed by atoms with Crippen LogP contribution in [0.1, 0.15) is 27.7 Å². The number of nitrogens with zero attached hydrogens (tertiary/aromatic N) is 1. The van der Waals surface area contributed by atoms with E-state index in [1.165, 1.54) is 0 Å². The summed E-state index contributed by atoms with van der Waals surface area (Å²) in [7, 11) is 0. The van der Waals surface area contributed by atoms with E-state index >= 15 is 0 Å². The van der Waals surface area contributed by atoms with Crippen molar-refractivity contribution < 1.29 is 28.8 Å². The van der Waals surface area contributed by atoms with E-state index in [1.54, 1.807) is 27.7 Å². The van der Waals surface area contributed by atoms with Gasteiger partial charge in [-0.3, -0.25) is 0 Å². The second kappa shape index (κ2) is 5.11. The highest BCUT2D eigenvalue weighted by Gasteiger charge is 2.62. The zero-order valence-corrected chi connectivity index (χ0v) is 13.1. The Balaban J connectivity index is 1.89. The average molecular weight is 314 g/mol. The number of nitriles is 1. The lowest BCUT2D eigenvalue weighted by atomic mass is 9.93. The van der Waals surface area contributed by atoms with Gasteiger partial charge in [0.15, 0.2) is 17.9 Å². The van der Waals surface area contributed by atoms with Crippen molar-refractivity contribution >= 4 is 0 Å². The molecule has 0 bridgehead atoms. The van der Waals surface area contributed by atoms with E-state index in [2.05, 4.69) is 0 Å². The Morgan fingerprint density at radius 3 is 2.18 bits per heavy atom. The lowest BCUT2D eigenvalue weighted by Gasteiger charge is -2.39. The molecule has 3 rings (SSSR count). The van der Waals surface area contributed by atoms with E-state index in [-0.39, 0.29) is 0 Å². The third kappa shape index (κ3) is 2.63. The summed E-state index contributed by atoms with van der Waals surface area (Å²) in [5, 5.41) is 19.2. The summed E-state index contributed by atoms with van der Waals surface area (Å²) in [5.74, 6) is -1.68. The van der Waals surface area contributed by atoms with Crippen LogP contribution in [0.15, 0.2) is 0 Å². The van der Waals surface area contributed by atoms with E-state index in [4.69, 9.17) is 34.7 Å². The fourth-order valence-electron chi connectivity index (χ4n) is 3.20. The van der Waals surface area contributed by atoms with Crippen LogP contribution >= 0.6 is 0 Å². The smallest absolute Gasteiger partial charge is 0.190 e. The maximum absolute atomic E-state index is 10.3. The van der Waals surface area contributed by atoms with Crippen LogP contribution in [-0.2, 0) is 23.7 Å². The minimum absolute atomic E-state index is 0.469. The lowest BCUT2D eigenvalue weighted by molar-refractivity contribution is -0.253. The van der Waals surface area contributed by atoms with Crippen molar-refractivity contribution in [3.05, 3.63) is 0 Å². The molecular weight excluding hydrogens is 292 g/mol. The van der Waals surface area contributed by atoms with E-state index in [9.17, 15) is 5.11 Å². The highest BCUT2D eigenvalue weighted by Crippen LogP contribution is 2.44. The summed E-state index contributed by atoms with van der Waals surface area (Å²) in [6.45, 7) is 7.10. The highest BCUT2D eigenvalue weighted by molar-refractivity contribution is 5.06. The second-order valence-electron chi connectivity index (χ2n) is 6.78. The maximum atomic E-state index is 10.3. The van der Waals surface area contributed by atoms with Crippen molar-refractivity contribution in [2.45, 2.75) is 82.1 Å². The van der Waals surface area contributed by atoms with Crippen molar-refractivity contribution in [1.29, 1.82) is 5.26 Å². The van der Waals surface area contributed by atoms with Crippen LogP contribution < -0.4 is 5.73 Å². The maximum Gasteiger partial charge on any atom is 0.190 e. The Hall–Kier alpha value is -0.790. The van der Waals surface area contributed by atoms with Gasteiger partial charge >= 0.3 is 0 Å². The van der Waals surface area contributed by atoms with E-state index in [1.807, 2.05) is 6.07 Å². The molecule has 0 amide bonds. The first-order chi connectivity index (χ1) is 10.1. The minimum Gasteiger partial charge on any atom is -0.388 e. The molecule has 3 heterocycles. The zero-order valence-electron chi connectivity index (χ0n) is 13.1. The van der Waals surface area contributed by atoms with Gasteiger partial charge in [-0.25, -0.2) is 0 Å². The Morgan fingerprint density at radius 1 is 1.00 bits per heavy atom. The number of rotatable bonds is 2. The number of ether oxygens (including phenoxy) is 5. The molecule has 7 atom stereocenters. The van der Waals surface area contributed by atoms with Crippen LogP contribution in [0.4, 0.5) is 0 Å². The number of hydrogen-bond donors (Lipinski definition) is 2. The SMILES string of the molecule is CC1(C)O[C@H]2[C@@H](O1)[C@@H](C(O)C(N)C#N)O[C@@H]1OC(C)(C)O[C@@H]12. The summed E-state index contributed by atoms with van der Waals surface area (Å²) in [6, 6.07) is 0.725. The molecular formula is C14H22N2O6. The Labute approximate surface area is 129 Å². The molecule has 124 valence electrons. The van der Waals surface area contributed by atoms with Gasteiger partial charge in [0, 0.05) is 0 Å². The molecule has 3 aliphatic rings. The largest absolute Gasteiger partial charge is 0.388 e. The van der Waals surface area contributed by atoms with Gasteiger partial charge in [0.05, 0.1) is 6.07 Å². The Morgan fingerprint density at radius 2 is 1.55 bits per heavy atom. The summed E-state index contributed by atoms with van der Waals surface area (Å²) in [6.07, 6.45) is -4.30. The molecule has 8 nitrogen and oxygen atoms in total. The summed E-state index contributed by atoms with van der Waals surface area (Å²) in [4.78, 5) is 0. The molecule has 0 aromatic heterocycles. The summed E-state index contributed by atoms with van der Waals surface area (Å²) < 4.78 is 29.1. The Kier molecular flexibility index (Phi) is 3.73. The number of aliphatic hydroxyl groups is 1. The molecule has 3 aliphatic heterocycles. The molecule has 0 aromatic carbocycles. The van der Waals surface area contributed by atoms with Crippen LogP contribution in [0.3, 0.4) is 0 Å². The zero-order chi connectivity index (χ0) is 16.3. The first kappa shape index (κ1) is 16.1. The lowest BCUT2D eigenvalue weighted by Crippen LogP contribution is -2.61. The molecule has 2 unspecified atom stereocenters. The van der Waals surface area contributed by atoms with E-state index in [0.717, 1.165) is 0 Å². The van der Waals surface area contributed by atoms with Crippen LogP contribution in [0.5, 0.6) is 0 Å². The van der Waals surface area contributed by atoms with Crippen LogP contribution in [0, 0.1) is 11.3 Å². The van der Waals surface area contributed by atoms with Crippen molar-refractivity contribution in [3.8, 4) is 6.07 Å². The number of hydrogen-bond acceptors (Lipinski definition) is 8. The van der Waals surface area contributed by atoms with E-state index in [0.29, 0.717) is 0 Å². The molecule has 8 heteroatoms. The molecule has 0 aromatic rings. The molecule has 0 aliphatic carbocycles. The molecule has 0 saturated carbocycles. The molecule has 3 saturated heterocycles. The van der Waals surface area contributed by atoms with Gasteiger partial charge in [-0.2, -0.15) is 5.26 Å². The van der Waals surface area contributed by atoms with Crippen molar-refractivity contribution in [1.82, 2.24) is 0 Å². The van der Waals surface area contributed by atoms with Gasteiger partial charge in [-0.1, -0.05) is 0 Å². The van der Waals surface area contributed by atoms with Crippen LogP contribution in [0.25, 0.3) is 0 Å². The van der Waals surface area contributed by atoms with Crippen molar-refractivity contribution in [3.63, 3.8) is 0 Å². The number of nitrogens with two attached hydrogens (primary N) is 1. The van der Waals surface area contributed by atoms with Gasteiger partial charge in [0.25, 0.3) is 0 Å².